The SMILES string of the molecule is COc1ccc(-c2noc(CSCC(=O)N3CCc4ccccc4C3)n2)cc1. The van der Waals surface area contributed by atoms with E-state index >= 15 is 0 Å². The first kappa shape index (κ1) is 18.6. The van der Waals surface area contributed by atoms with Crippen molar-refractivity contribution in [2.45, 2.75) is 18.7 Å². The number of methoxy groups -OCH3 is 1. The van der Waals surface area contributed by atoms with Crippen molar-refractivity contribution in [2.75, 3.05) is 19.4 Å². The van der Waals surface area contributed by atoms with Gasteiger partial charge in [-0.05, 0) is 41.8 Å². The Balaban J connectivity index is 1.28. The first-order valence-electron chi connectivity index (χ1n) is 9.12. The number of carbonyl (C=O) groups excluding carboxylic acids is 1. The quantitative estimate of drug-likeness (QED) is 0.636. The summed E-state index contributed by atoms with van der Waals surface area (Å²) >= 11 is 1.50. The molecule has 1 amide bonds. The summed E-state index contributed by atoms with van der Waals surface area (Å²) in [5, 5.41) is 4.02. The zero-order valence-corrected chi connectivity index (χ0v) is 16.4. The van der Waals surface area contributed by atoms with Gasteiger partial charge in [0, 0.05) is 18.7 Å². The summed E-state index contributed by atoms with van der Waals surface area (Å²) in [5.74, 6) is 2.91. The number of hydrogen-bond acceptors (Lipinski definition) is 6. The molecule has 1 aliphatic heterocycles. The second kappa shape index (κ2) is 8.48. The third-order valence-corrected chi connectivity index (χ3v) is 5.65. The van der Waals surface area contributed by atoms with E-state index in [-0.39, 0.29) is 5.91 Å². The average molecular weight is 395 g/mol. The Kier molecular flexibility index (Phi) is 5.62. The van der Waals surface area contributed by atoms with Crippen molar-refractivity contribution in [1.82, 2.24) is 15.0 Å². The Morgan fingerprint density at radius 3 is 2.75 bits per heavy atom. The van der Waals surface area contributed by atoms with E-state index in [1.807, 2.05) is 35.2 Å². The fourth-order valence-electron chi connectivity index (χ4n) is 3.20. The van der Waals surface area contributed by atoms with Crippen LogP contribution in [0, 0.1) is 0 Å². The molecule has 0 spiro atoms. The standard InChI is InChI=1S/C21H21N3O3S/c1-26-18-8-6-16(7-9-18)21-22-19(27-23-21)13-28-14-20(25)24-11-10-15-4-2-3-5-17(15)12-24/h2-9H,10-14H2,1H3. The maximum Gasteiger partial charge on any atom is 0.236 e. The summed E-state index contributed by atoms with van der Waals surface area (Å²) in [6, 6.07) is 15.8. The molecule has 0 saturated carbocycles. The summed E-state index contributed by atoms with van der Waals surface area (Å²) < 4.78 is 10.5. The Morgan fingerprint density at radius 2 is 1.96 bits per heavy atom. The molecule has 6 nitrogen and oxygen atoms in total. The first-order valence-corrected chi connectivity index (χ1v) is 10.3. The van der Waals surface area contributed by atoms with Gasteiger partial charge in [0.25, 0.3) is 0 Å². The first-order chi connectivity index (χ1) is 13.7. The highest BCUT2D eigenvalue weighted by atomic mass is 32.2. The zero-order valence-electron chi connectivity index (χ0n) is 15.6. The van der Waals surface area contributed by atoms with E-state index in [2.05, 4.69) is 28.3 Å². The van der Waals surface area contributed by atoms with Crippen molar-refractivity contribution in [3.63, 3.8) is 0 Å². The second-order valence-corrected chi connectivity index (χ2v) is 7.55. The number of amides is 1. The number of benzene rings is 2. The van der Waals surface area contributed by atoms with Crippen LogP contribution < -0.4 is 4.74 Å². The van der Waals surface area contributed by atoms with Crippen LogP contribution in [0.1, 0.15) is 17.0 Å². The van der Waals surface area contributed by atoms with Gasteiger partial charge >= 0.3 is 0 Å². The molecule has 0 atom stereocenters. The van der Waals surface area contributed by atoms with E-state index in [4.69, 9.17) is 9.26 Å². The molecule has 4 rings (SSSR count). The predicted octanol–water partition coefficient (Wildman–Crippen LogP) is 3.56. The maximum absolute atomic E-state index is 12.5. The minimum absolute atomic E-state index is 0.148. The fourth-order valence-corrected chi connectivity index (χ4v) is 3.95. The van der Waals surface area contributed by atoms with Crippen LogP contribution in [0.4, 0.5) is 0 Å². The smallest absolute Gasteiger partial charge is 0.236 e. The van der Waals surface area contributed by atoms with E-state index < -0.39 is 0 Å². The molecule has 1 aliphatic rings. The van der Waals surface area contributed by atoms with Crippen LogP contribution in [0.5, 0.6) is 5.75 Å². The molecule has 1 aromatic heterocycles. The lowest BCUT2D eigenvalue weighted by Gasteiger charge is -2.28. The van der Waals surface area contributed by atoms with E-state index in [0.717, 1.165) is 24.3 Å². The molecule has 28 heavy (non-hydrogen) atoms. The lowest BCUT2D eigenvalue weighted by molar-refractivity contribution is -0.129. The number of thioether (sulfide) groups is 1. The number of hydrogen-bond donors (Lipinski definition) is 0. The topological polar surface area (TPSA) is 68.5 Å². The van der Waals surface area contributed by atoms with Crippen molar-refractivity contribution in [3.05, 3.63) is 65.5 Å². The van der Waals surface area contributed by atoms with Crippen molar-refractivity contribution in [2.24, 2.45) is 0 Å². The maximum atomic E-state index is 12.5. The van der Waals surface area contributed by atoms with Gasteiger partial charge in [-0.1, -0.05) is 29.4 Å². The van der Waals surface area contributed by atoms with Gasteiger partial charge < -0.3 is 14.2 Å². The zero-order chi connectivity index (χ0) is 19.3. The average Bonchev–Trinajstić information content (AvgIpc) is 3.22. The van der Waals surface area contributed by atoms with Gasteiger partial charge in [0.2, 0.25) is 17.6 Å². The molecule has 0 radical (unpaired) electrons. The Morgan fingerprint density at radius 1 is 1.18 bits per heavy atom. The van der Waals surface area contributed by atoms with Gasteiger partial charge in [0.15, 0.2) is 0 Å². The third kappa shape index (κ3) is 4.20. The summed E-state index contributed by atoms with van der Waals surface area (Å²) in [6.45, 7) is 1.47. The van der Waals surface area contributed by atoms with Crippen molar-refractivity contribution >= 4 is 17.7 Å². The van der Waals surface area contributed by atoms with Crippen molar-refractivity contribution in [3.8, 4) is 17.1 Å². The summed E-state index contributed by atoms with van der Waals surface area (Å²) in [4.78, 5) is 18.8. The minimum Gasteiger partial charge on any atom is -0.497 e. The molecular weight excluding hydrogens is 374 g/mol. The number of ether oxygens (including phenoxy) is 1. The second-order valence-electron chi connectivity index (χ2n) is 6.57. The lowest BCUT2D eigenvalue weighted by atomic mass is 10.00. The number of carbonyl (C=O) groups is 1. The van der Waals surface area contributed by atoms with Crippen LogP contribution >= 0.6 is 11.8 Å². The highest BCUT2D eigenvalue weighted by molar-refractivity contribution is 7.99. The van der Waals surface area contributed by atoms with Crippen LogP contribution in [0.3, 0.4) is 0 Å². The predicted molar refractivity (Wildman–Crippen MR) is 108 cm³/mol. The Hall–Kier alpha value is -2.80. The monoisotopic (exact) mass is 395 g/mol. The summed E-state index contributed by atoms with van der Waals surface area (Å²) in [7, 11) is 1.63. The Labute approximate surface area is 167 Å². The van der Waals surface area contributed by atoms with Crippen LogP contribution in [0.15, 0.2) is 53.1 Å². The molecule has 0 bridgehead atoms. The van der Waals surface area contributed by atoms with Gasteiger partial charge in [-0.15, -0.1) is 11.8 Å². The van der Waals surface area contributed by atoms with E-state index in [1.165, 1.54) is 22.9 Å². The number of aromatic nitrogens is 2. The largest absolute Gasteiger partial charge is 0.497 e. The van der Waals surface area contributed by atoms with Crippen LogP contribution in [0.2, 0.25) is 0 Å². The normalized spacial score (nSPS) is 13.2. The molecule has 0 fully saturated rings. The van der Waals surface area contributed by atoms with Gasteiger partial charge in [0.1, 0.15) is 5.75 Å². The summed E-state index contributed by atoms with van der Waals surface area (Å²) in [6.07, 6.45) is 0.918. The summed E-state index contributed by atoms with van der Waals surface area (Å²) in [5.41, 5.74) is 3.45. The number of rotatable bonds is 6. The van der Waals surface area contributed by atoms with E-state index in [1.54, 1.807) is 7.11 Å². The Bertz CT molecular complexity index is 956. The van der Waals surface area contributed by atoms with E-state index in [9.17, 15) is 4.79 Å². The third-order valence-electron chi connectivity index (χ3n) is 4.75. The van der Waals surface area contributed by atoms with Crippen LogP contribution in [-0.2, 0) is 23.5 Å². The molecule has 3 aromatic rings. The van der Waals surface area contributed by atoms with Gasteiger partial charge in [-0.25, -0.2) is 0 Å². The molecule has 2 aromatic carbocycles. The number of fused-ring (bicyclic) bond motifs is 1. The van der Waals surface area contributed by atoms with E-state index in [0.29, 0.717) is 29.8 Å². The molecule has 144 valence electrons. The highest BCUT2D eigenvalue weighted by Crippen LogP contribution is 2.22. The molecule has 2 heterocycles. The minimum atomic E-state index is 0.148. The highest BCUT2D eigenvalue weighted by Gasteiger charge is 2.20. The molecule has 7 heteroatoms. The van der Waals surface area contributed by atoms with Crippen LogP contribution in [0.25, 0.3) is 11.4 Å². The molecule has 0 saturated heterocycles. The molecule has 0 aliphatic carbocycles. The van der Waals surface area contributed by atoms with Crippen LogP contribution in [-0.4, -0.2) is 40.4 Å². The van der Waals surface area contributed by atoms with Crippen molar-refractivity contribution < 1.29 is 14.1 Å². The molecule has 0 N–H and O–H groups in total. The fraction of sp³-hybridized carbons (Fsp3) is 0.286. The van der Waals surface area contributed by atoms with Gasteiger partial charge in [-0.2, -0.15) is 4.98 Å². The van der Waals surface area contributed by atoms with Gasteiger partial charge in [-0.3, -0.25) is 4.79 Å². The van der Waals surface area contributed by atoms with Crippen molar-refractivity contribution in [1.29, 1.82) is 0 Å². The molecular formula is C21H21N3O3S. The number of nitrogens with zero attached hydrogens (tertiary/aromatic N) is 3. The van der Waals surface area contributed by atoms with Gasteiger partial charge in [0.05, 0.1) is 18.6 Å². The lowest BCUT2D eigenvalue weighted by Crippen LogP contribution is -2.37. The molecule has 0 unspecified atom stereocenters.